The van der Waals surface area contributed by atoms with Gasteiger partial charge in [-0.15, -0.1) is 0 Å². The second kappa shape index (κ2) is 4.01. The minimum atomic E-state index is -0.456. The zero-order valence-corrected chi connectivity index (χ0v) is 8.66. The molecule has 0 heterocycles. The average molecular weight is 207 g/mol. The van der Waals surface area contributed by atoms with Crippen molar-refractivity contribution in [3.63, 3.8) is 0 Å². The van der Waals surface area contributed by atoms with E-state index in [9.17, 15) is 9.18 Å². The Kier molecular flexibility index (Phi) is 2.71. The van der Waals surface area contributed by atoms with Crippen molar-refractivity contribution in [2.24, 2.45) is 5.92 Å². The lowest BCUT2D eigenvalue weighted by Crippen LogP contribution is -2.43. The first kappa shape index (κ1) is 10.1. The lowest BCUT2D eigenvalue weighted by Gasteiger charge is -2.33. The van der Waals surface area contributed by atoms with Gasteiger partial charge in [0.05, 0.1) is 5.56 Å². The van der Waals surface area contributed by atoms with Gasteiger partial charge in [-0.05, 0) is 30.9 Å². The molecular formula is C12H14FNO. The lowest BCUT2D eigenvalue weighted by atomic mass is 9.82. The molecule has 0 spiro atoms. The second-order valence-electron chi connectivity index (χ2n) is 4.23. The summed E-state index contributed by atoms with van der Waals surface area (Å²) in [6.45, 7) is 2.14. The van der Waals surface area contributed by atoms with Crippen molar-refractivity contribution >= 4 is 5.91 Å². The van der Waals surface area contributed by atoms with E-state index in [1.54, 1.807) is 12.1 Å². The zero-order valence-electron chi connectivity index (χ0n) is 8.66. The van der Waals surface area contributed by atoms with Gasteiger partial charge in [0.15, 0.2) is 0 Å². The van der Waals surface area contributed by atoms with Gasteiger partial charge in [-0.3, -0.25) is 4.79 Å². The largest absolute Gasteiger partial charge is 0.349 e. The number of amides is 1. The van der Waals surface area contributed by atoms with Crippen LogP contribution in [0.3, 0.4) is 0 Å². The molecule has 0 unspecified atom stereocenters. The number of halogens is 1. The summed E-state index contributed by atoms with van der Waals surface area (Å²) in [6.07, 6.45) is 2.00. The van der Waals surface area contributed by atoms with Crippen molar-refractivity contribution in [3.05, 3.63) is 35.6 Å². The van der Waals surface area contributed by atoms with Gasteiger partial charge in [-0.2, -0.15) is 0 Å². The first-order valence-corrected chi connectivity index (χ1v) is 5.22. The molecule has 0 aliphatic heterocycles. The minimum Gasteiger partial charge on any atom is -0.349 e. The molecule has 1 amide bonds. The number of hydrogen-bond acceptors (Lipinski definition) is 1. The molecule has 0 radical (unpaired) electrons. The van der Waals surface area contributed by atoms with Crippen LogP contribution in [0.15, 0.2) is 24.3 Å². The third-order valence-electron chi connectivity index (χ3n) is 2.83. The van der Waals surface area contributed by atoms with Crippen LogP contribution in [0, 0.1) is 11.7 Å². The normalized spacial score (nSPS) is 24.4. The fraction of sp³-hybridized carbons (Fsp3) is 0.417. The van der Waals surface area contributed by atoms with Crippen LogP contribution in [0.5, 0.6) is 0 Å². The minimum absolute atomic E-state index is 0.136. The van der Waals surface area contributed by atoms with Crippen LogP contribution in [0.25, 0.3) is 0 Å². The highest BCUT2D eigenvalue weighted by Gasteiger charge is 2.27. The van der Waals surface area contributed by atoms with Crippen molar-refractivity contribution in [2.75, 3.05) is 0 Å². The zero-order chi connectivity index (χ0) is 10.8. The Morgan fingerprint density at radius 2 is 2.07 bits per heavy atom. The molecule has 0 atom stereocenters. The molecule has 3 heteroatoms. The van der Waals surface area contributed by atoms with Gasteiger partial charge in [-0.25, -0.2) is 4.39 Å². The SMILES string of the molecule is CC1CC(NC(=O)c2ccccc2F)C1. The Bertz CT molecular complexity index is 372. The summed E-state index contributed by atoms with van der Waals surface area (Å²) < 4.78 is 13.2. The standard InChI is InChI=1S/C12H14FNO/c1-8-6-9(7-8)14-12(15)10-4-2-3-5-11(10)13/h2-5,8-9H,6-7H2,1H3,(H,14,15). The van der Waals surface area contributed by atoms with Crippen LogP contribution in [0.1, 0.15) is 30.1 Å². The predicted octanol–water partition coefficient (Wildman–Crippen LogP) is 2.35. The number of carbonyl (C=O) groups is 1. The van der Waals surface area contributed by atoms with Gasteiger partial charge in [0, 0.05) is 6.04 Å². The van der Waals surface area contributed by atoms with Crippen LogP contribution >= 0.6 is 0 Å². The fourth-order valence-corrected chi connectivity index (χ4v) is 1.93. The van der Waals surface area contributed by atoms with E-state index < -0.39 is 5.82 Å². The Morgan fingerprint density at radius 3 is 2.67 bits per heavy atom. The van der Waals surface area contributed by atoms with Gasteiger partial charge in [0.2, 0.25) is 0 Å². The summed E-state index contributed by atoms with van der Waals surface area (Å²) in [6, 6.07) is 6.29. The topological polar surface area (TPSA) is 29.1 Å². The molecule has 1 aliphatic carbocycles. The first-order valence-electron chi connectivity index (χ1n) is 5.22. The Balaban J connectivity index is 1.99. The van der Waals surface area contributed by atoms with E-state index in [1.807, 2.05) is 0 Å². The monoisotopic (exact) mass is 207 g/mol. The molecule has 1 aromatic rings. The maximum Gasteiger partial charge on any atom is 0.254 e. The van der Waals surface area contributed by atoms with Gasteiger partial charge < -0.3 is 5.32 Å². The molecule has 1 fully saturated rings. The smallest absolute Gasteiger partial charge is 0.254 e. The molecule has 1 saturated carbocycles. The Morgan fingerprint density at radius 1 is 1.40 bits per heavy atom. The van der Waals surface area contributed by atoms with E-state index in [1.165, 1.54) is 12.1 Å². The summed E-state index contributed by atoms with van der Waals surface area (Å²) in [5.74, 6) is -0.0803. The van der Waals surface area contributed by atoms with Crippen LogP contribution in [-0.4, -0.2) is 11.9 Å². The van der Waals surface area contributed by atoms with Gasteiger partial charge in [-0.1, -0.05) is 19.1 Å². The molecule has 1 aliphatic rings. The van der Waals surface area contributed by atoms with E-state index in [-0.39, 0.29) is 17.5 Å². The van der Waals surface area contributed by atoms with Crippen LogP contribution in [0.2, 0.25) is 0 Å². The number of hydrogen-bond donors (Lipinski definition) is 1. The van der Waals surface area contributed by atoms with Crippen molar-refractivity contribution in [1.82, 2.24) is 5.32 Å². The second-order valence-corrected chi connectivity index (χ2v) is 4.23. The third-order valence-corrected chi connectivity index (χ3v) is 2.83. The molecular weight excluding hydrogens is 193 g/mol. The molecule has 0 saturated heterocycles. The van der Waals surface area contributed by atoms with Gasteiger partial charge >= 0.3 is 0 Å². The van der Waals surface area contributed by atoms with Crippen molar-refractivity contribution in [1.29, 1.82) is 0 Å². The van der Waals surface area contributed by atoms with E-state index in [0.717, 1.165) is 12.8 Å². The molecule has 1 aromatic carbocycles. The summed E-state index contributed by atoms with van der Waals surface area (Å²) >= 11 is 0. The van der Waals surface area contributed by atoms with Crippen LogP contribution < -0.4 is 5.32 Å². The predicted molar refractivity (Wildman–Crippen MR) is 56.1 cm³/mol. The molecule has 0 bridgehead atoms. The maximum absolute atomic E-state index is 13.2. The van der Waals surface area contributed by atoms with Gasteiger partial charge in [0.25, 0.3) is 5.91 Å². The highest BCUT2D eigenvalue weighted by Crippen LogP contribution is 2.26. The van der Waals surface area contributed by atoms with Crippen molar-refractivity contribution in [2.45, 2.75) is 25.8 Å². The van der Waals surface area contributed by atoms with E-state index in [2.05, 4.69) is 12.2 Å². The van der Waals surface area contributed by atoms with Crippen LogP contribution in [0.4, 0.5) is 4.39 Å². The number of benzene rings is 1. The van der Waals surface area contributed by atoms with Crippen LogP contribution in [-0.2, 0) is 0 Å². The summed E-state index contributed by atoms with van der Waals surface area (Å²) in [5, 5.41) is 2.82. The molecule has 1 N–H and O–H groups in total. The highest BCUT2D eigenvalue weighted by atomic mass is 19.1. The molecule has 80 valence electrons. The summed E-state index contributed by atoms with van der Waals surface area (Å²) in [4.78, 5) is 11.6. The van der Waals surface area contributed by atoms with E-state index in [4.69, 9.17) is 0 Å². The quantitative estimate of drug-likeness (QED) is 0.792. The number of nitrogens with one attached hydrogen (secondary N) is 1. The van der Waals surface area contributed by atoms with Gasteiger partial charge in [0.1, 0.15) is 5.82 Å². The highest BCUT2D eigenvalue weighted by molar-refractivity contribution is 5.94. The summed E-state index contributed by atoms with van der Waals surface area (Å²) in [7, 11) is 0. The van der Waals surface area contributed by atoms with E-state index in [0.29, 0.717) is 5.92 Å². The molecule has 15 heavy (non-hydrogen) atoms. The Hall–Kier alpha value is -1.38. The van der Waals surface area contributed by atoms with E-state index >= 15 is 0 Å². The molecule has 0 aromatic heterocycles. The Labute approximate surface area is 88.5 Å². The summed E-state index contributed by atoms with van der Waals surface area (Å²) in [5.41, 5.74) is 0.136. The number of rotatable bonds is 2. The first-order chi connectivity index (χ1) is 7.16. The lowest BCUT2D eigenvalue weighted by molar-refractivity contribution is 0.0892. The van der Waals surface area contributed by atoms with Crippen molar-refractivity contribution < 1.29 is 9.18 Å². The van der Waals surface area contributed by atoms with Crippen molar-refractivity contribution in [3.8, 4) is 0 Å². The third kappa shape index (κ3) is 2.17. The maximum atomic E-state index is 13.2. The molecule has 2 nitrogen and oxygen atoms in total. The molecule has 2 rings (SSSR count). The fourth-order valence-electron chi connectivity index (χ4n) is 1.93. The average Bonchev–Trinajstić information content (AvgIpc) is 2.16. The number of carbonyl (C=O) groups excluding carboxylic acids is 1.